The molecule has 0 heterocycles. The SMILES string of the molecule is COc1cccc(/C=N\Nc2cc(C(=O)[O-])ccc2Cl)c1OC(C)C. The molecule has 6 nitrogen and oxygen atoms in total. The predicted molar refractivity (Wildman–Crippen MR) is 95.8 cm³/mol. The monoisotopic (exact) mass is 361 g/mol. The Labute approximate surface area is 151 Å². The van der Waals surface area contributed by atoms with Crippen LogP contribution in [0.4, 0.5) is 5.69 Å². The van der Waals surface area contributed by atoms with E-state index >= 15 is 0 Å². The highest BCUT2D eigenvalue weighted by atomic mass is 35.5. The van der Waals surface area contributed by atoms with Gasteiger partial charge in [0.1, 0.15) is 0 Å². The standard InChI is InChI=1S/C18H19ClN2O4/c1-11(2)25-17-13(5-4-6-16(17)24-3)10-20-21-15-9-12(18(22)23)7-8-14(15)19/h4-11,21H,1-3H3,(H,22,23)/p-1/b20-10-. The lowest BCUT2D eigenvalue weighted by Gasteiger charge is -2.15. The van der Waals surface area contributed by atoms with Crippen molar-refractivity contribution >= 4 is 29.5 Å². The topological polar surface area (TPSA) is 83.0 Å². The molecule has 0 saturated carbocycles. The van der Waals surface area contributed by atoms with Crippen LogP contribution in [-0.2, 0) is 0 Å². The van der Waals surface area contributed by atoms with Gasteiger partial charge in [0.2, 0.25) is 0 Å². The molecule has 0 amide bonds. The molecule has 0 radical (unpaired) electrons. The van der Waals surface area contributed by atoms with Gasteiger partial charge in [-0.3, -0.25) is 5.43 Å². The fourth-order valence-electron chi connectivity index (χ4n) is 2.07. The third-order valence-corrected chi connectivity index (χ3v) is 3.50. The summed E-state index contributed by atoms with van der Waals surface area (Å²) < 4.78 is 11.1. The number of benzene rings is 2. The lowest BCUT2D eigenvalue weighted by atomic mass is 10.2. The van der Waals surface area contributed by atoms with E-state index < -0.39 is 5.97 Å². The van der Waals surface area contributed by atoms with E-state index in [1.165, 1.54) is 18.2 Å². The number of halogens is 1. The number of carboxylic acids is 1. The molecule has 0 saturated heterocycles. The Morgan fingerprint density at radius 1 is 1.32 bits per heavy atom. The number of ether oxygens (including phenoxy) is 2. The molecular formula is C18H18ClN2O4-. The van der Waals surface area contributed by atoms with Crippen LogP contribution in [0.5, 0.6) is 11.5 Å². The van der Waals surface area contributed by atoms with Crippen LogP contribution in [-0.4, -0.2) is 25.4 Å². The first-order valence-electron chi connectivity index (χ1n) is 7.56. The third kappa shape index (κ3) is 4.87. The van der Waals surface area contributed by atoms with Gasteiger partial charge in [-0.25, -0.2) is 0 Å². The Morgan fingerprint density at radius 3 is 2.72 bits per heavy atom. The van der Waals surface area contributed by atoms with Crippen LogP contribution in [0.1, 0.15) is 29.8 Å². The molecule has 2 rings (SSSR count). The molecule has 132 valence electrons. The number of nitrogens with zero attached hydrogens (tertiary/aromatic N) is 1. The second kappa shape index (κ2) is 8.39. The number of carboxylic acid groups (broad SMARTS) is 1. The molecule has 2 aromatic carbocycles. The molecule has 0 aliphatic heterocycles. The summed E-state index contributed by atoms with van der Waals surface area (Å²) in [5, 5.41) is 15.4. The molecule has 0 fully saturated rings. The predicted octanol–water partition coefficient (Wildman–Crippen LogP) is 2.95. The molecule has 0 unspecified atom stereocenters. The Morgan fingerprint density at radius 2 is 2.08 bits per heavy atom. The molecule has 1 N–H and O–H groups in total. The second-order valence-corrected chi connectivity index (χ2v) is 5.80. The van der Waals surface area contributed by atoms with Gasteiger partial charge in [0.05, 0.1) is 36.1 Å². The number of nitrogens with one attached hydrogen (secondary N) is 1. The van der Waals surface area contributed by atoms with E-state index in [4.69, 9.17) is 21.1 Å². The fraction of sp³-hybridized carbons (Fsp3) is 0.222. The van der Waals surface area contributed by atoms with Crippen molar-refractivity contribution in [3.05, 3.63) is 52.5 Å². The van der Waals surface area contributed by atoms with Crippen molar-refractivity contribution < 1.29 is 19.4 Å². The first-order chi connectivity index (χ1) is 11.9. The van der Waals surface area contributed by atoms with Crippen molar-refractivity contribution in [2.45, 2.75) is 20.0 Å². The van der Waals surface area contributed by atoms with Crippen molar-refractivity contribution in [1.82, 2.24) is 0 Å². The molecule has 0 aliphatic carbocycles. The highest BCUT2D eigenvalue weighted by Crippen LogP contribution is 2.31. The van der Waals surface area contributed by atoms with Gasteiger partial charge >= 0.3 is 0 Å². The van der Waals surface area contributed by atoms with Crippen LogP contribution in [0.15, 0.2) is 41.5 Å². The quantitative estimate of drug-likeness (QED) is 0.605. The smallest absolute Gasteiger partial charge is 0.170 e. The molecule has 0 spiro atoms. The van der Waals surface area contributed by atoms with Gasteiger partial charge in [-0.05, 0) is 43.7 Å². The molecule has 7 heteroatoms. The summed E-state index contributed by atoms with van der Waals surface area (Å²) in [7, 11) is 1.56. The summed E-state index contributed by atoms with van der Waals surface area (Å²) in [6, 6.07) is 9.61. The van der Waals surface area contributed by atoms with Gasteiger partial charge in [-0.2, -0.15) is 5.10 Å². The van der Waals surface area contributed by atoms with E-state index in [1.807, 2.05) is 26.0 Å². The minimum atomic E-state index is -1.29. The summed E-state index contributed by atoms with van der Waals surface area (Å²) in [6.07, 6.45) is 1.51. The van der Waals surface area contributed by atoms with Crippen LogP contribution in [0, 0.1) is 0 Å². The van der Waals surface area contributed by atoms with Gasteiger partial charge in [0.25, 0.3) is 0 Å². The number of para-hydroxylation sites is 1. The van der Waals surface area contributed by atoms with E-state index in [2.05, 4.69) is 10.5 Å². The average molecular weight is 362 g/mol. The lowest BCUT2D eigenvalue weighted by Crippen LogP contribution is -2.22. The molecule has 0 bridgehead atoms. The number of rotatable bonds is 7. The van der Waals surface area contributed by atoms with Crippen LogP contribution in [0.2, 0.25) is 5.02 Å². The number of anilines is 1. The number of carbonyl (C=O) groups excluding carboxylic acids is 1. The third-order valence-electron chi connectivity index (χ3n) is 3.17. The van der Waals surface area contributed by atoms with Crippen LogP contribution in [0.25, 0.3) is 0 Å². The van der Waals surface area contributed by atoms with Crippen LogP contribution in [0.3, 0.4) is 0 Å². The fourth-order valence-corrected chi connectivity index (χ4v) is 2.23. The summed E-state index contributed by atoms with van der Waals surface area (Å²) in [4.78, 5) is 10.9. The lowest BCUT2D eigenvalue weighted by molar-refractivity contribution is -0.255. The summed E-state index contributed by atoms with van der Waals surface area (Å²) >= 11 is 6.04. The van der Waals surface area contributed by atoms with E-state index in [0.29, 0.717) is 27.8 Å². The number of aromatic carboxylic acids is 1. The molecule has 2 aromatic rings. The number of methoxy groups -OCH3 is 1. The van der Waals surface area contributed by atoms with Gasteiger partial charge in [-0.15, -0.1) is 0 Å². The van der Waals surface area contributed by atoms with Crippen molar-refractivity contribution in [1.29, 1.82) is 0 Å². The van der Waals surface area contributed by atoms with Gasteiger partial charge in [-0.1, -0.05) is 23.7 Å². The minimum Gasteiger partial charge on any atom is -0.545 e. The number of hydrogen-bond donors (Lipinski definition) is 1. The molecule has 0 aromatic heterocycles. The zero-order chi connectivity index (χ0) is 18.4. The second-order valence-electron chi connectivity index (χ2n) is 5.40. The van der Waals surface area contributed by atoms with Crippen LogP contribution >= 0.6 is 11.6 Å². The molecule has 0 atom stereocenters. The van der Waals surface area contributed by atoms with Crippen molar-refractivity contribution in [3.8, 4) is 11.5 Å². The van der Waals surface area contributed by atoms with Crippen LogP contribution < -0.4 is 20.0 Å². The van der Waals surface area contributed by atoms with Gasteiger partial charge in [0.15, 0.2) is 11.5 Å². The summed E-state index contributed by atoms with van der Waals surface area (Å²) in [6.45, 7) is 3.83. The van der Waals surface area contributed by atoms with E-state index in [-0.39, 0.29) is 11.7 Å². The van der Waals surface area contributed by atoms with E-state index in [0.717, 1.165) is 0 Å². The molecular weight excluding hydrogens is 344 g/mol. The summed E-state index contributed by atoms with van der Waals surface area (Å²) in [5.41, 5.74) is 3.79. The Kier molecular flexibility index (Phi) is 6.25. The first-order valence-corrected chi connectivity index (χ1v) is 7.93. The van der Waals surface area contributed by atoms with Crippen molar-refractivity contribution in [2.75, 3.05) is 12.5 Å². The number of hydrogen-bond acceptors (Lipinski definition) is 6. The zero-order valence-electron chi connectivity index (χ0n) is 14.1. The van der Waals surface area contributed by atoms with E-state index in [1.54, 1.807) is 19.4 Å². The average Bonchev–Trinajstić information content (AvgIpc) is 2.57. The highest BCUT2D eigenvalue weighted by molar-refractivity contribution is 6.33. The normalized spacial score (nSPS) is 10.9. The Hall–Kier alpha value is -2.73. The summed E-state index contributed by atoms with van der Waals surface area (Å²) in [5.74, 6) is -0.126. The Balaban J connectivity index is 2.25. The highest BCUT2D eigenvalue weighted by Gasteiger charge is 2.11. The number of hydrazone groups is 1. The minimum absolute atomic E-state index is 0.00677. The van der Waals surface area contributed by atoms with Crippen molar-refractivity contribution in [2.24, 2.45) is 5.10 Å². The number of carbonyl (C=O) groups is 1. The van der Waals surface area contributed by atoms with Gasteiger partial charge < -0.3 is 19.4 Å². The first kappa shape index (κ1) is 18.6. The van der Waals surface area contributed by atoms with Gasteiger partial charge in [0, 0.05) is 5.56 Å². The molecule has 0 aliphatic rings. The van der Waals surface area contributed by atoms with E-state index in [9.17, 15) is 9.90 Å². The zero-order valence-corrected chi connectivity index (χ0v) is 14.8. The largest absolute Gasteiger partial charge is 0.545 e. The molecule has 25 heavy (non-hydrogen) atoms. The maximum atomic E-state index is 10.9. The maximum Gasteiger partial charge on any atom is 0.170 e. The maximum absolute atomic E-state index is 10.9. The Bertz CT molecular complexity index is 791. The van der Waals surface area contributed by atoms with Crippen molar-refractivity contribution in [3.63, 3.8) is 0 Å².